The SMILES string of the molecule is CN[C@@H](C)C(=O)N[C@H](C(=O)N1C[C@@H]2C[C@H]1C(=O)N[C@@H](Cc1ccccc1)C(=O)NC(C(=O)O)CCCCNC(=O)CCc1cn2nn1)C(C)C. The number of amides is 5. The van der Waals surface area contributed by atoms with E-state index in [1.54, 1.807) is 63.0 Å². The van der Waals surface area contributed by atoms with E-state index in [0.29, 0.717) is 31.5 Å². The molecule has 2 aliphatic rings. The number of carboxylic acid groups (broad SMARTS) is 1. The molecule has 50 heavy (non-hydrogen) atoms. The smallest absolute Gasteiger partial charge is 0.326 e. The lowest BCUT2D eigenvalue weighted by Crippen LogP contribution is -2.59. The molecular weight excluding hydrogens is 646 g/mol. The zero-order chi connectivity index (χ0) is 36.4. The normalized spacial score (nSPS) is 23.6. The van der Waals surface area contributed by atoms with Gasteiger partial charge in [-0.1, -0.05) is 49.4 Å². The monoisotopic (exact) mass is 695 g/mol. The maximum absolute atomic E-state index is 14.2. The minimum atomic E-state index is -1.22. The molecule has 0 radical (unpaired) electrons. The minimum absolute atomic E-state index is 0.0670. The summed E-state index contributed by atoms with van der Waals surface area (Å²) in [4.78, 5) is 81.0. The lowest BCUT2D eigenvalue weighted by molar-refractivity contribution is -0.144. The summed E-state index contributed by atoms with van der Waals surface area (Å²) in [5.74, 6) is -3.86. The molecule has 1 aromatic carbocycles. The molecule has 16 heteroatoms. The lowest BCUT2D eigenvalue weighted by atomic mass is 10.0. The van der Waals surface area contributed by atoms with Gasteiger partial charge in [-0.05, 0) is 44.7 Å². The number of nitrogens with zero attached hydrogens (tertiary/aromatic N) is 4. The molecule has 1 aromatic heterocycles. The molecule has 4 rings (SSSR count). The van der Waals surface area contributed by atoms with E-state index in [4.69, 9.17) is 0 Å². The predicted octanol–water partition coefficient (Wildman–Crippen LogP) is -0.302. The van der Waals surface area contributed by atoms with Crippen LogP contribution in [0.3, 0.4) is 0 Å². The van der Waals surface area contributed by atoms with Crippen molar-refractivity contribution in [1.29, 1.82) is 0 Å². The van der Waals surface area contributed by atoms with Gasteiger partial charge < -0.3 is 36.6 Å². The number of rotatable bonds is 8. The van der Waals surface area contributed by atoms with E-state index in [0.717, 1.165) is 5.56 Å². The average Bonchev–Trinajstić information content (AvgIpc) is 3.76. The zero-order valence-corrected chi connectivity index (χ0v) is 29.1. The summed E-state index contributed by atoms with van der Waals surface area (Å²) >= 11 is 0. The lowest BCUT2D eigenvalue weighted by Gasteiger charge is -2.31. The molecule has 4 bridgehead atoms. The van der Waals surface area contributed by atoms with Crippen LogP contribution in [-0.2, 0) is 41.6 Å². The molecule has 6 N–H and O–H groups in total. The summed E-state index contributed by atoms with van der Waals surface area (Å²) in [5.41, 5.74) is 1.30. The molecule has 6 atom stereocenters. The fourth-order valence-electron chi connectivity index (χ4n) is 6.09. The van der Waals surface area contributed by atoms with Crippen LogP contribution in [0.1, 0.15) is 70.2 Å². The first-order valence-corrected chi connectivity index (χ1v) is 17.2. The van der Waals surface area contributed by atoms with E-state index in [1.807, 2.05) is 6.07 Å². The first-order chi connectivity index (χ1) is 23.9. The Hall–Kier alpha value is -4.86. The number of aromatic nitrogens is 3. The molecule has 1 unspecified atom stereocenters. The number of aryl methyl sites for hydroxylation is 1. The molecule has 0 spiro atoms. The Kier molecular flexibility index (Phi) is 13.4. The van der Waals surface area contributed by atoms with Gasteiger partial charge in [0, 0.05) is 45.0 Å². The first-order valence-electron chi connectivity index (χ1n) is 17.2. The van der Waals surface area contributed by atoms with Gasteiger partial charge in [0.25, 0.3) is 0 Å². The van der Waals surface area contributed by atoms with Gasteiger partial charge in [0.05, 0.1) is 17.8 Å². The van der Waals surface area contributed by atoms with Crippen molar-refractivity contribution in [2.45, 2.75) is 102 Å². The second-order valence-electron chi connectivity index (χ2n) is 13.3. The topological polar surface area (TPSA) is 217 Å². The van der Waals surface area contributed by atoms with Crippen molar-refractivity contribution in [2.24, 2.45) is 5.92 Å². The quantitative estimate of drug-likeness (QED) is 0.212. The highest BCUT2D eigenvalue weighted by molar-refractivity contribution is 5.96. The van der Waals surface area contributed by atoms with E-state index < -0.39 is 59.9 Å². The Morgan fingerprint density at radius 3 is 2.44 bits per heavy atom. The van der Waals surface area contributed by atoms with Crippen LogP contribution in [0.15, 0.2) is 36.5 Å². The third-order valence-electron chi connectivity index (χ3n) is 9.23. The predicted molar refractivity (Wildman–Crippen MR) is 181 cm³/mol. The number of likely N-dealkylation sites (N-methyl/N-ethyl adjacent to an activating group) is 1. The standard InChI is InChI=1S/C34H49N9O7/c1-20(2)29(39-30(45)21(3)35-4)33(48)42-19-24-17-27(42)32(47)38-26(16-22-10-6-5-7-11-22)31(46)37-25(34(49)50)12-8-9-15-36-28(44)14-13-23-18-43(24)41-40-23/h5-7,10-11,18,20-21,24-27,29,35H,8-9,12-17,19H2,1-4H3,(H,36,44)(H,37,46)(H,38,47)(H,39,45)(H,49,50)/t21-,24-,25?,26-,27-,29-/m0/s1. The summed E-state index contributed by atoms with van der Waals surface area (Å²) in [6.07, 6.45) is 3.43. The highest BCUT2D eigenvalue weighted by atomic mass is 16.4. The van der Waals surface area contributed by atoms with Gasteiger partial charge in [0.2, 0.25) is 29.5 Å². The number of benzene rings is 1. The summed E-state index contributed by atoms with van der Waals surface area (Å²) in [7, 11) is 1.63. The van der Waals surface area contributed by atoms with E-state index in [2.05, 4.69) is 36.9 Å². The van der Waals surface area contributed by atoms with Crippen LogP contribution in [0.4, 0.5) is 0 Å². The number of likely N-dealkylation sites (tertiary alicyclic amines) is 1. The van der Waals surface area contributed by atoms with Crippen molar-refractivity contribution in [3.63, 3.8) is 0 Å². The van der Waals surface area contributed by atoms with Gasteiger partial charge in [-0.15, -0.1) is 5.10 Å². The van der Waals surface area contributed by atoms with Crippen LogP contribution in [0.2, 0.25) is 0 Å². The molecule has 272 valence electrons. The Morgan fingerprint density at radius 1 is 1.02 bits per heavy atom. The molecule has 1 fully saturated rings. The highest BCUT2D eigenvalue weighted by Gasteiger charge is 2.45. The van der Waals surface area contributed by atoms with E-state index in [-0.39, 0.29) is 50.0 Å². The van der Waals surface area contributed by atoms with Crippen LogP contribution in [0.5, 0.6) is 0 Å². The van der Waals surface area contributed by atoms with Crippen LogP contribution in [-0.4, -0.2) is 111 Å². The molecule has 3 heterocycles. The summed E-state index contributed by atoms with van der Waals surface area (Å²) < 4.78 is 1.58. The van der Waals surface area contributed by atoms with E-state index in [1.165, 1.54) is 4.90 Å². The Balaban J connectivity index is 1.69. The number of hydrogen-bond acceptors (Lipinski definition) is 9. The molecule has 0 aliphatic carbocycles. The first kappa shape index (κ1) is 38.0. The number of carbonyl (C=O) groups excluding carboxylic acids is 5. The summed E-state index contributed by atoms with van der Waals surface area (Å²) in [6.45, 7) is 5.68. The molecule has 2 aromatic rings. The largest absolute Gasteiger partial charge is 0.480 e. The van der Waals surface area contributed by atoms with E-state index in [9.17, 15) is 33.9 Å². The Morgan fingerprint density at radius 2 is 1.76 bits per heavy atom. The molecule has 16 nitrogen and oxygen atoms in total. The molecule has 1 saturated heterocycles. The van der Waals surface area contributed by atoms with Crippen molar-refractivity contribution in [3.8, 4) is 0 Å². The van der Waals surface area contributed by atoms with Gasteiger partial charge >= 0.3 is 5.97 Å². The second-order valence-corrected chi connectivity index (χ2v) is 13.3. The van der Waals surface area contributed by atoms with Crippen molar-refractivity contribution in [2.75, 3.05) is 20.1 Å². The van der Waals surface area contributed by atoms with Crippen LogP contribution < -0.4 is 26.6 Å². The maximum atomic E-state index is 14.2. The number of carbonyl (C=O) groups is 6. The molecule has 5 amide bonds. The van der Waals surface area contributed by atoms with Crippen LogP contribution in [0, 0.1) is 5.92 Å². The molecule has 2 aliphatic heterocycles. The van der Waals surface area contributed by atoms with Crippen molar-refractivity contribution >= 4 is 35.5 Å². The van der Waals surface area contributed by atoms with Crippen molar-refractivity contribution < 1.29 is 33.9 Å². The van der Waals surface area contributed by atoms with Crippen molar-refractivity contribution in [3.05, 3.63) is 47.8 Å². The van der Waals surface area contributed by atoms with Gasteiger partial charge in [0.1, 0.15) is 24.2 Å². The number of fused-ring (bicyclic) bond motifs is 5. The number of carboxylic acids is 1. The highest BCUT2D eigenvalue weighted by Crippen LogP contribution is 2.29. The van der Waals surface area contributed by atoms with Crippen LogP contribution >= 0.6 is 0 Å². The maximum Gasteiger partial charge on any atom is 0.326 e. The fourth-order valence-corrected chi connectivity index (χ4v) is 6.09. The van der Waals surface area contributed by atoms with Gasteiger partial charge in [-0.2, -0.15) is 0 Å². The Labute approximate surface area is 291 Å². The number of aliphatic carboxylic acids is 1. The van der Waals surface area contributed by atoms with E-state index >= 15 is 0 Å². The second kappa shape index (κ2) is 17.7. The molecular formula is C34H49N9O7. The van der Waals surface area contributed by atoms with Gasteiger partial charge in [0.15, 0.2) is 0 Å². The molecule has 0 saturated carbocycles. The minimum Gasteiger partial charge on any atom is -0.480 e. The fraction of sp³-hybridized carbons (Fsp3) is 0.588. The zero-order valence-electron chi connectivity index (χ0n) is 29.1. The third-order valence-corrected chi connectivity index (χ3v) is 9.23. The van der Waals surface area contributed by atoms with Gasteiger partial charge in [-0.25, -0.2) is 9.48 Å². The summed E-state index contributed by atoms with van der Waals surface area (Å²) in [6, 6.07) is 3.56. The van der Waals surface area contributed by atoms with Gasteiger partial charge in [-0.3, -0.25) is 24.0 Å². The third kappa shape index (κ3) is 10.1. The summed E-state index contributed by atoms with van der Waals surface area (Å²) in [5, 5.41) is 32.3. The number of hydrogen-bond donors (Lipinski definition) is 6. The van der Waals surface area contributed by atoms with Crippen LogP contribution in [0.25, 0.3) is 0 Å². The van der Waals surface area contributed by atoms with Crippen molar-refractivity contribution in [1.82, 2.24) is 46.5 Å². The average molecular weight is 696 g/mol. The Bertz CT molecular complexity index is 1520. The number of nitrogens with one attached hydrogen (secondary N) is 5.